The molecule has 0 amide bonds. The molecule has 2 saturated heterocycles. The molecule has 0 radical (unpaired) electrons. The number of nitrogens with zero attached hydrogens (tertiary/aromatic N) is 6. The minimum absolute atomic E-state index is 0.0624. The van der Waals surface area contributed by atoms with Crippen LogP contribution < -0.4 is 4.90 Å². The van der Waals surface area contributed by atoms with Gasteiger partial charge in [-0.15, -0.1) is 5.10 Å². The van der Waals surface area contributed by atoms with Crippen molar-refractivity contribution in [1.29, 1.82) is 0 Å². The molecule has 2 aliphatic rings. The Morgan fingerprint density at radius 1 is 1.06 bits per heavy atom. The van der Waals surface area contributed by atoms with Crippen LogP contribution in [0.1, 0.15) is 38.1 Å². The van der Waals surface area contributed by atoms with Crippen LogP contribution in [0.5, 0.6) is 0 Å². The first-order valence-electron chi connectivity index (χ1n) is 12.5. The highest BCUT2D eigenvalue weighted by Crippen LogP contribution is 2.29. The van der Waals surface area contributed by atoms with E-state index < -0.39 is 0 Å². The van der Waals surface area contributed by atoms with Gasteiger partial charge in [0.15, 0.2) is 6.29 Å². The lowest BCUT2D eigenvalue weighted by Crippen LogP contribution is -2.47. The molecule has 4 heterocycles. The van der Waals surface area contributed by atoms with Crippen LogP contribution >= 0.6 is 0 Å². The number of piperazine rings is 1. The highest BCUT2D eigenvalue weighted by atomic mass is 16.7. The first-order valence-corrected chi connectivity index (χ1v) is 12.5. The molecule has 2 fully saturated rings. The maximum Gasteiger partial charge on any atom is 0.177 e. The van der Waals surface area contributed by atoms with Gasteiger partial charge >= 0.3 is 0 Å². The second-order valence-corrected chi connectivity index (χ2v) is 10.5. The van der Waals surface area contributed by atoms with Crippen LogP contribution in [0.15, 0.2) is 48.8 Å². The SMILES string of the molecule is Cc1cc(N2CCN([C@@H](C)c3ccccn3)CC2)ccc1-c1cn(CC2OCC(C)(C)CO2)nn1. The summed E-state index contributed by atoms with van der Waals surface area (Å²) < 4.78 is 13.5. The third-order valence-corrected chi connectivity index (χ3v) is 7.02. The molecule has 0 unspecified atom stereocenters. The van der Waals surface area contributed by atoms with Gasteiger partial charge in [-0.2, -0.15) is 0 Å². The molecule has 3 aromatic rings. The van der Waals surface area contributed by atoms with E-state index in [9.17, 15) is 0 Å². The lowest BCUT2D eigenvalue weighted by Gasteiger charge is -2.39. The van der Waals surface area contributed by atoms with E-state index in [1.54, 1.807) is 0 Å². The van der Waals surface area contributed by atoms with Crippen molar-refractivity contribution in [2.75, 3.05) is 44.3 Å². The Morgan fingerprint density at radius 3 is 2.51 bits per heavy atom. The Bertz CT molecular complexity index is 1110. The third kappa shape index (κ3) is 5.55. The highest BCUT2D eigenvalue weighted by Gasteiger charge is 2.29. The summed E-state index contributed by atoms with van der Waals surface area (Å²) in [5, 5.41) is 8.73. The van der Waals surface area contributed by atoms with Crippen LogP contribution in [0, 0.1) is 12.3 Å². The van der Waals surface area contributed by atoms with Gasteiger partial charge in [-0.25, -0.2) is 4.68 Å². The lowest BCUT2D eigenvalue weighted by molar-refractivity contribution is -0.227. The molecule has 186 valence electrons. The Balaban J connectivity index is 1.19. The number of hydrogen-bond acceptors (Lipinski definition) is 7. The summed E-state index contributed by atoms with van der Waals surface area (Å²) in [6.45, 7) is 14.7. The molecule has 2 aromatic heterocycles. The minimum atomic E-state index is -0.278. The normalized spacial score (nSPS) is 20.2. The number of anilines is 1. The Hall–Kier alpha value is -2.81. The predicted octanol–water partition coefficient (Wildman–Crippen LogP) is 3.93. The second-order valence-electron chi connectivity index (χ2n) is 10.5. The first-order chi connectivity index (χ1) is 16.9. The Morgan fingerprint density at radius 2 is 1.83 bits per heavy atom. The standard InChI is InChI=1S/C27H36N6O2/c1-20-15-22(32-13-11-31(12-14-32)21(2)24-7-5-6-10-28-24)8-9-23(20)25-16-33(30-29-25)17-26-34-18-27(3,4)19-35-26/h5-10,15-16,21,26H,11-14,17-19H2,1-4H3/t21-/m0/s1. The maximum atomic E-state index is 5.84. The molecular weight excluding hydrogens is 440 g/mol. The van der Waals surface area contributed by atoms with Crippen LogP contribution in [0.25, 0.3) is 11.3 Å². The summed E-state index contributed by atoms with van der Waals surface area (Å²) in [6.07, 6.45) is 3.58. The quantitative estimate of drug-likeness (QED) is 0.534. The van der Waals surface area contributed by atoms with Crippen molar-refractivity contribution in [3.8, 4) is 11.3 Å². The van der Waals surface area contributed by atoms with Gasteiger partial charge in [0.05, 0.1) is 31.6 Å². The van der Waals surface area contributed by atoms with E-state index in [0.29, 0.717) is 25.8 Å². The molecular formula is C27H36N6O2. The lowest BCUT2D eigenvalue weighted by atomic mass is 9.96. The average molecular weight is 477 g/mol. The molecule has 0 N–H and O–H groups in total. The van der Waals surface area contributed by atoms with Crippen molar-refractivity contribution < 1.29 is 9.47 Å². The predicted molar refractivity (Wildman–Crippen MR) is 136 cm³/mol. The Kier molecular flexibility index (Phi) is 6.86. The van der Waals surface area contributed by atoms with E-state index in [1.165, 1.54) is 11.3 Å². The van der Waals surface area contributed by atoms with E-state index in [-0.39, 0.29) is 11.7 Å². The summed E-state index contributed by atoms with van der Waals surface area (Å²) in [6, 6.07) is 13.1. The molecule has 0 spiro atoms. The fraction of sp³-hybridized carbons (Fsp3) is 0.519. The zero-order chi connectivity index (χ0) is 24.4. The van der Waals surface area contributed by atoms with E-state index in [2.05, 4.69) is 83.1 Å². The molecule has 1 aromatic carbocycles. The van der Waals surface area contributed by atoms with E-state index in [0.717, 1.165) is 43.1 Å². The smallest absolute Gasteiger partial charge is 0.177 e. The number of ether oxygens (including phenoxy) is 2. The summed E-state index contributed by atoms with van der Waals surface area (Å²) >= 11 is 0. The van der Waals surface area contributed by atoms with Crippen molar-refractivity contribution in [3.63, 3.8) is 0 Å². The van der Waals surface area contributed by atoms with Crippen LogP contribution in [0.3, 0.4) is 0 Å². The van der Waals surface area contributed by atoms with Gasteiger partial charge in [0, 0.05) is 55.1 Å². The fourth-order valence-electron chi connectivity index (χ4n) is 4.81. The molecule has 0 bridgehead atoms. The zero-order valence-electron chi connectivity index (χ0n) is 21.2. The van der Waals surface area contributed by atoms with Crippen LogP contribution in [-0.2, 0) is 16.0 Å². The van der Waals surface area contributed by atoms with Gasteiger partial charge in [0.2, 0.25) is 0 Å². The average Bonchev–Trinajstić information content (AvgIpc) is 3.33. The fourth-order valence-corrected chi connectivity index (χ4v) is 4.81. The van der Waals surface area contributed by atoms with Crippen molar-refractivity contribution in [3.05, 3.63) is 60.0 Å². The van der Waals surface area contributed by atoms with Gasteiger partial charge in [0.25, 0.3) is 0 Å². The molecule has 8 nitrogen and oxygen atoms in total. The molecule has 35 heavy (non-hydrogen) atoms. The topological polar surface area (TPSA) is 68.5 Å². The van der Waals surface area contributed by atoms with Crippen LogP contribution in [-0.4, -0.2) is 70.6 Å². The van der Waals surface area contributed by atoms with Crippen LogP contribution in [0.2, 0.25) is 0 Å². The number of pyridine rings is 1. The van der Waals surface area contributed by atoms with Crippen LogP contribution in [0.4, 0.5) is 5.69 Å². The molecule has 5 rings (SSSR count). The van der Waals surface area contributed by atoms with Gasteiger partial charge in [-0.3, -0.25) is 9.88 Å². The van der Waals surface area contributed by atoms with Crippen molar-refractivity contribution >= 4 is 5.69 Å². The van der Waals surface area contributed by atoms with Crippen molar-refractivity contribution in [1.82, 2.24) is 24.9 Å². The molecule has 0 saturated carbocycles. The first kappa shape index (κ1) is 23.9. The third-order valence-electron chi connectivity index (χ3n) is 7.02. The molecule has 8 heteroatoms. The molecule has 1 atom stereocenters. The summed E-state index contributed by atoms with van der Waals surface area (Å²) in [4.78, 5) is 9.52. The van der Waals surface area contributed by atoms with E-state index >= 15 is 0 Å². The van der Waals surface area contributed by atoms with Gasteiger partial charge < -0.3 is 14.4 Å². The zero-order valence-corrected chi connectivity index (χ0v) is 21.2. The summed E-state index contributed by atoms with van der Waals surface area (Å²) in [5.41, 5.74) is 5.64. The van der Waals surface area contributed by atoms with E-state index in [1.807, 2.05) is 23.1 Å². The monoisotopic (exact) mass is 476 g/mol. The maximum absolute atomic E-state index is 5.84. The van der Waals surface area contributed by atoms with E-state index in [4.69, 9.17) is 9.47 Å². The van der Waals surface area contributed by atoms with Gasteiger partial charge in [-0.1, -0.05) is 31.2 Å². The second kappa shape index (κ2) is 10.0. The minimum Gasteiger partial charge on any atom is -0.369 e. The number of aromatic nitrogens is 4. The molecule has 2 aliphatic heterocycles. The largest absolute Gasteiger partial charge is 0.369 e. The molecule has 0 aliphatic carbocycles. The van der Waals surface area contributed by atoms with Crippen molar-refractivity contribution in [2.24, 2.45) is 5.41 Å². The number of rotatable bonds is 6. The summed E-state index contributed by atoms with van der Waals surface area (Å²) in [5.74, 6) is 0. The Labute approximate surface area is 207 Å². The van der Waals surface area contributed by atoms with Gasteiger partial charge in [0.1, 0.15) is 5.69 Å². The van der Waals surface area contributed by atoms with Gasteiger partial charge in [-0.05, 0) is 43.7 Å². The van der Waals surface area contributed by atoms with Crippen molar-refractivity contribution in [2.45, 2.75) is 46.6 Å². The number of benzene rings is 1. The number of hydrogen-bond donors (Lipinski definition) is 0. The summed E-state index contributed by atoms with van der Waals surface area (Å²) in [7, 11) is 0. The highest BCUT2D eigenvalue weighted by molar-refractivity contribution is 5.67. The number of aryl methyl sites for hydroxylation is 1.